The zero-order chi connectivity index (χ0) is 14.3. The monoisotopic (exact) mass is 274 g/mol. The Morgan fingerprint density at radius 2 is 2.15 bits per heavy atom. The molecule has 0 bridgehead atoms. The summed E-state index contributed by atoms with van der Waals surface area (Å²) in [5.41, 5.74) is 1.26. The van der Waals surface area contributed by atoms with E-state index < -0.39 is 0 Å². The second-order valence-electron chi connectivity index (χ2n) is 5.48. The van der Waals surface area contributed by atoms with Gasteiger partial charge in [0.25, 0.3) is 0 Å². The van der Waals surface area contributed by atoms with Crippen LogP contribution in [-0.4, -0.2) is 47.4 Å². The lowest BCUT2D eigenvalue weighted by Crippen LogP contribution is -2.51. The van der Waals surface area contributed by atoms with Crippen molar-refractivity contribution in [3.05, 3.63) is 23.8 Å². The van der Waals surface area contributed by atoms with E-state index in [4.69, 9.17) is 0 Å². The minimum atomic E-state index is -0.139. The molecule has 5 heteroatoms. The largest absolute Gasteiger partial charge is 0.507 e. The molecule has 0 saturated carbocycles. The Morgan fingerprint density at radius 1 is 1.35 bits per heavy atom. The van der Waals surface area contributed by atoms with Gasteiger partial charge in [-0.05, 0) is 25.5 Å². The van der Waals surface area contributed by atoms with Gasteiger partial charge in [-0.25, -0.2) is 0 Å². The molecule has 2 fully saturated rings. The lowest BCUT2D eigenvalue weighted by atomic mass is 10.1. The topological polar surface area (TPSA) is 60.9 Å². The van der Waals surface area contributed by atoms with Crippen molar-refractivity contribution in [3.63, 3.8) is 0 Å². The van der Waals surface area contributed by atoms with E-state index in [0.717, 1.165) is 31.7 Å². The number of benzene rings is 1. The zero-order valence-electron chi connectivity index (χ0n) is 11.5. The lowest BCUT2D eigenvalue weighted by molar-refractivity contribution is -0.129. The van der Waals surface area contributed by atoms with Crippen molar-refractivity contribution in [1.29, 1.82) is 0 Å². The fourth-order valence-corrected chi connectivity index (χ4v) is 3.11. The average molecular weight is 274 g/mol. The highest BCUT2D eigenvalue weighted by Gasteiger charge is 2.35. The van der Waals surface area contributed by atoms with Crippen molar-refractivity contribution >= 4 is 17.4 Å². The Kier molecular flexibility index (Phi) is 3.12. The van der Waals surface area contributed by atoms with Crippen LogP contribution in [0.3, 0.4) is 0 Å². The van der Waals surface area contributed by atoms with Crippen LogP contribution in [0.1, 0.15) is 30.1 Å². The first-order valence-corrected chi connectivity index (χ1v) is 6.94. The molecule has 2 saturated heterocycles. The number of fused-ring (bicyclic) bond motifs is 1. The molecule has 1 N–H and O–H groups in total. The highest BCUT2D eigenvalue weighted by molar-refractivity contribution is 5.97. The van der Waals surface area contributed by atoms with E-state index in [-0.39, 0.29) is 23.5 Å². The molecular formula is C15H18N2O3. The zero-order valence-corrected chi connectivity index (χ0v) is 11.5. The van der Waals surface area contributed by atoms with Crippen LogP contribution < -0.4 is 4.90 Å². The number of ketones is 1. The van der Waals surface area contributed by atoms with Crippen LogP contribution in [0.15, 0.2) is 18.2 Å². The Bertz CT molecular complexity index is 570. The quantitative estimate of drug-likeness (QED) is 0.828. The van der Waals surface area contributed by atoms with Gasteiger partial charge in [-0.15, -0.1) is 0 Å². The van der Waals surface area contributed by atoms with Crippen LogP contribution in [0.4, 0.5) is 5.69 Å². The van der Waals surface area contributed by atoms with Gasteiger partial charge in [-0.2, -0.15) is 0 Å². The van der Waals surface area contributed by atoms with Crippen molar-refractivity contribution in [2.75, 3.05) is 24.5 Å². The molecule has 0 radical (unpaired) electrons. The van der Waals surface area contributed by atoms with Crippen LogP contribution in [0.25, 0.3) is 0 Å². The summed E-state index contributed by atoms with van der Waals surface area (Å²) in [5, 5.41) is 9.91. The SMILES string of the molecule is CC(=O)c1ccc(N2CCN3C(=O)CCC3C2)cc1O. The molecular weight excluding hydrogens is 256 g/mol. The minimum absolute atomic E-state index is 0.0277. The molecule has 5 nitrogen and oxygen atoms in total. The van der Waals surface area contributed by atoms with Crippen LogP contribution >= 0.6 is 0 Å². The molecule has 1 aromatic carbocycles. The number of amides is 1. The summed E-state index contributed by atoms with van der Waals surface area (Å²) in [6.07, 6.45) is 1.56. The maximum atomic E-state index is 11.7. The smallest absolute Gasteiger partial charge is 0.223 e. The second-order valence-corrected chi connectivity index (χ2v) is 5.48. The van der Waals surface area contributed by atoms with Gasteiger partial charge >= 0.3 is 0 Å². The Morgan fingerprint density at radius 3 is 2.85 bits per heavy atom. The van der Waals surface area contributed by atoms with Crippen LogP contribution in [-0.2, 0) is 4.79 Å². The van der Waals surface area contributed by atoms with Gasteiger partial charge in [0.2, 0.25) is 5.91 Å². The minimum Gasteiger partial charge on any atom is -0.507 e. The van der Waals surface area contributed by atoms with Gasteiger partial charge in [0.05, 0.1) is 5.56 Å². The first-order chi connectivity index (χ1) is 9.56. The summed E-state index contributed by atoms with van der Waals surface area (Å²) in [6.45, 7) is 3.74. The molecule has 1 amide bonds. The molecule has 20 heavy (non-hydrogen) atoms. The third-order valence-electron chi connectivity index (χ3n) is 4.22. The standard InChI is InChI=1S/C15H18N2O3/c1-10(18)13-4-2-11(8-14(13)19)16-6-7-17-12(9-16)3-5-15(17)20/h2,4,8,12,19H,3,5-7,9H2,1H3. The molecule has 1 unspecified atom stereocenters. The number of carbonyl (C=O) groups is 2. The number of hydrogen-bond acceptors (Lipinski definition) is 4. The molecule has 2 aliphatic heterocycles. The Labute approximate surface area is 117 Å². The number of anilines is 1. The van der Waals surface area contributed by atoms with Crippen molar-refractivity contribution in [3.8, 4) is 5.75 Å². The molecule has 106 valence electrons. The average Bonchev–Trinajstić information content (AvgIpc) is 2.79. The van der Waals surface area contributed by atoms with Crippen molar-refractivity contribution in [1.82, 2.24) is 4.90 Å². The van der Waals surface area contributed by atoms with Gasteiger partial charge in [0.15, 0.2) is 5.78 Å². The highest BCUT2D eigenvalue weighted by atomic mass is 16.3. The van der Waals surface area contributed by atoms with E-state index in [9.17, 15) is 14.7 Å². The predicted octanol–water partition coefficient (Wildman–Crippen LogP) is 1.41. The number of carbonyl (C=O) groups excluding carboxylic acids is 2. The number of piperazine rings is 1. The van der Waals surface area contributed by atoms with Crippen molar-refractivity contribution in [2.45, 2.75) is 25.8 Å². The molecule has 0 spiro atoms. The third kappa shape index (κ3) is 2.13. The fourth-order valence-electron chi connectivity index (χ4n) is 3.11. The third-order valence-corrected chi connectivity index (χ3v) is 4.22. The molecule has 0 aromatic heterocycles. The number of Topliss-reactive ketones (excluding diaryl/α,β-unsaturated/α-hetero) is 1. The summed E-state index contributed by atoms with van der Waals surface area (Å²) in [5.74, 6) is 0.143. The second kappa shape index (κ2) is 4.81. The molecule has 2 aliphatic rings. The fraction of sp³-hybridized carbons (Fsp3) is 0.467. The van der Waals surface area contributed by atoms with Gasteiger partial charge in [0.1, 0.15) is 5.75 Å². The van der Waals surface area contributed by atoms with E-state index >= 15 is 0 Å². The number of nitrogens with zero attached hydrogens (tertiary/aromatic N) is 2. The summed E-state index contributed by atoms with van der Waals surface area (Å²) in [4.78, 5) is 27.1. The van der Waals surface area contributed by atoms with E-state index in [1.165, 1.54) is 6.92 Å². The van der Waals surface area contributed by atoms with Gasteiger partial charge in [0, 0.05) is 43.9 Å². The summed E-state index contributed by atoms with van der Waals surface area (Å²) >= 11 is 0. The summed E-state index contributed by atoms with van der Waals surface area (Å²) in [7, 11) is 0. The maximum absolute atomic E-state index is 11.7. The highest BCUT2D eigenvalue weighted by Crippen LogP contribution is 2.29. The van der Waals surface area contributed by atoms with Crippen LogP contribution in [0, 0.1) is 0 Å². The Balaban J connectivity index is 1.79. The normalized spacial score (nSPS) is 22.1. The number of aromatic hydroxyl groups is 1. The molecule has 1 aromatic rings. The van der Waals surface area contributed by atoms with Crippen LogP contribution in [0.2, 0.25) is 0 Å². The van der Waals surface area contributed by atoms with E-state index in [0.29, 0.717) is 12.0 Å². The summed E-state index contributed by atoms with van der Waals surface area (Å²) < 4.78 is 0. The molecule has 1 atom stereocenters. The first-order valence-electron chi connectivity index (χ1n) is 6.94. The van der Waals surface area contributed by atoms with Gasteiger partial charge in [-0.3, -0.25) is 9.59 Å². The maximum Gasteiger partial charge on any atom is 0.223 e. The number of rotatable bonds is 2. The first kappa shape index (κ1) is 13.0. The molecule has 2 heterocycles. The molecule has 0 aliphatic carbocycles. The lowest BCUT2D eigenvalue weighted by Gasteiger charge is -2.38. The number of hydrogen-bond donors (Lipinski definition) is 1. The van der Waals surface area contributed by atoms with E-state index in [2.05, 4.69) is 4.90 Å². The number of phenolic OH excluding ortho intramolecular Hbond substituents is 1. The summed E-state index contributed by atoms with van der Waals surface area (Å²) in [6, 6.07) is 5.46. The van der Waals surface area contributed by atoms with Gasteiger partial charge in [-0.1, -0.05) is 0 Å². The van der Waals surface area contributed by atoms with Crippen LogP contribution in [0.5, 0.6) is 5.75 Å². The van der Waals surface area contributed by atoms with Crippen molar-refractivity contribution in [2.24, 2.45) is 0 Å². The van der Waals surface area contributed by atoms with Gasteiger partial charge < -0.3 is 14.9 Å². The van der Waals surface area contributed by atoms with E-state index in [1.54, 1.807) is 12.1 Å². The van der Waals surface area contributed by atoms with E-state index in [1.807, 2.05) is 11.0 Å². The number of phenols is 1. The van der Waals surface area contributed by atoms with Crippen molar-refractivity contribution < 1.29 is 14.7 Å². The molecule has 3 rings (SSSR count). The Hall–Kier alpha value is -2.04. The predicted molar refractivity (Wildman–Crippen MR) is 75.1 cm³/mol.